The number of hydrogen-bond acceptors (Lipinski definition) is 4. The molecule has 19 heavy (non-hydrogen) atoms. The minimum Gasteiger partial charge on any atom is -0.394 e. The molecule has 1 aromatic heterocycles. The summed E-state index contributed by atoms with van der Waals surface area (Å²) in [6, 6.07) is 0.286. The SMILES string of the molecule is CCn1nc(C)c(N)c1N1CCC(NC(C)=O)CC1. The molecular weight excluding hydrogens is 242 g/mol. The molecule has 0 saturated carbocycles. The van der Waals surface area contributed by atoms with Crippen molar-refractivity contribution in [1.82, 2.24) is 15.1 Å². The fourth-order valence-corrected chi connectivity index (χ4v) is 2.66. The molecule has 0 bridgehead atoms. The summed E-state index contributed by atoms with van der Waals surface area (Å²) in [5.74, 6) is 1.08. The minimum atomic E-state index is 0.0485. The zero-order valence-corrected chi connectivity index (χ0v) is 11.9. The van der Waals surface area contributed by atoms with Gasteiger partial charge in [0.25, 0.3) is 0 Å². The van der Waals surface area contributed by atoms with Crippen LogP contribution in [0.5, 0.6) is 0 Å². The highest BCUT2D eigenvalue weighted by Gasteiger charge is 2.24. The van der Waals surface area contributed by atoms with E-state index in [1.807, 2.05) is 11.6 Å². The third kappa shape index (κ3) is 2.83. The molecule has 1 aromatic rings. The number of aromatic nitrogens is 2. The fourth-order valence-electron chi connectivity index (χ4n) is 2.66. The third-order valence-electron chi connectivity index (χ3n) is 3.65. The normalized spacial score (nSPS) is 16.7. The van der Waals surface area contributed by atoms with Crippen molar-refractivity contribution >= 4 is 17.4 Å². The molecule has 2 rings (SSSR count). The summed E-state index contributed by atoms with van der Waals surface area (Å²) in [4.78, 5) is 13.3. The molecule has 1 fully saturated rings. The number of hydrogen-bond donors (Lipinski definition) is 2. The molecule has 0 radical (unpaired) electrons. The van der Waals surface area contributed by atoms with Crippen LogP contribution in [0.2, 0.25) is 0 Å². The Morgan fingerprint density at radius 2 is 2.11 bits per heavy atom. The van der Waals surface area contributed by atoms with E-state index in [2.05, 4.69) is 22.2 Å². The topological polar surface area (TPSA) is 76.2 Å². The Kier molecular flexibility index (Phi) is 3.97. The summed E-state index contributed by atoms with van der Waals surface area (Å²) in [5.41, 5.74) is 7.80. The second kappa shape index (κ2) is 5.50. The second-order valence-electron chi connectivity index (χ2n) is 5.10. The van der Waals surface area contributed by atoms with E-state index in [9.17, 15) is 4.79 Å². The lowest BCUT2D eigenvalue weighted by atomic mass is 10.0. The maximum absolute atomic E-state index is 11.1. The van der Waals surface area contributed by atoms with Gasteiger partial charge in [-0.2, -0.15) is 5.10 Å². The highest BCUT2D eigenvalue weighted by molar-refractivity contribution is 5.73. The van der Waals surface area contributed by atoms with Crippen LogP contribution in [0.15, 0.2) is 0 Å². The van der Waals surface area contributed by atoms with Gasteiger partial charge in [0.1, 0.15) is 0 Å². The van der Waals surface area contributed by atoms with Crippen molar-refractivity contribution in [2.75, 3.05) is 23.7 Å². The lowest BCUT2D eigenvalue weighted by molar-refractivity contribution is -0.119. The largest absolute Gasteiger partial charge is 0.394 e. The smallest absolute Gasteiger partial charge is 0.217 e. The van der Waals surface area contributed by atoms with Crippen molar-refractivity contribution in [2.24, 2.45) is 0 Å². The monoisotopic (exact) mass is 265 g/mol. The van der Waals surface area contributed by atoms with E-state index in [4.69, 9.17) is 5.73 Å². The van der Waals surface area contributed by atoms with Gasteiger partial charge in [0.15, 0.2) is 5.82 Å². The summed E-state index contributed by atoms with van der Waals surface area (Å²) in [5, 5.41) is 7.43. The highest BCUT2D eigenvalue weighted by Crippen LogP contribution is 2.28. The van der Waals surface area contributed by atoms with Crippen LogP contribution in [-0.4, -0.2) is 34.8 Å². The molecule has 0 spiro atoms. The van der Waals surface area contributed by atoms with Crippen molar-refractivity contribution in [3.05, 3.63) is 5.69 Å². The van der Waals surface area contributed by atoms with Gasteiger partial charge in [-0.1, -0.05) is 0 Å². The molecule has 0 atom stereocenters. The summed E-state index contributed by atoms with van der Waals surface area (Å²) in [7, 11) is 0. The third-order valence-corrected chi connectivity index (χ3v) is 3.65. The quantitative estimate of drug-likeness (QED) is 0.851. The van der Waals surface area contributed by atoms with Crippen LogP contribution in [0.4, 0.5) is 11.5 Å². The Bertz CT molecular complexity index is 460. The van der Waals surface area contributed by atoms with E-state index in [0.29, 0.717) is 0 Å². The molecular formula is C13H23N5O. The minimum absolute atomic E-state index is 0.0485. The molecule has 1 aliphatic rings. The number of nitrogens with zero attached hydrogens (tertiary/aromatic N) is 3. The van der Waals surface area contributed by atoms with Crippen molar-refractivity contribution in [2.45, 2.75) is 46.2 Å². The first kappa shape index (κ1) is 13.7. The first-order valence-corrected chi connectivity index (χ1v) is 6.87. The number of aryl methyl sites for hydroxylation is 2. The van der Waals surface area contributed by atoms with E-state index >= 15 is 0 Å². The zero-order valence-electron chi connectivity index (χ0n) is 11.9. The van der Waals surface area contributed by atoms with Crippen molar-refractivity contribution in [3.63, 3.8) is 0 Å². The van der Waals surface area contributed by atoms with Gasteiger partial charge in [-0.15, -0.1) is 0 Å². The van der Waals surface area contributed by atoms with E-state index < -0.39 is 0 Å². The molecule has 1 aliphatic heterocycles. The van der Waals surface area contributed by atoms with Crippen LogP contribution >= 0.6 is 0 Å². The Morgan fingerprint density at radius 1 is 1.47 bits per heavy atom. The Morgan fingerprint density at radius 3 is 2.63 bits per heavy atom. The summed E-state index contributed by atoms with van der Waals surface area (Å²) in [6.45, 7) is 8.20. The lowest BCUT2D eigenvalue weighted by Gasteiger charge is -2.34. The van der Waals surface area contributed by atoms with Gasteiger partial charge in [0, 0.05) is 32.6 Å². The number of piperidine rings is 1. The van der Waals surface area contributed by atoms with E-state index in [0.717, 1.165) is 49.7 Å². The first-order valence-electron chi connectivity index (χ1n) is 6.87. The molecule has 0 unspecified atom stereocenters. The van der Waals surface area contributed by atoms with Crippen LogP contribution in [0.3, 0.4) is 0 Å². The zero-order chi connectivity index (χ0) is 14.0. The maximum Gasteiger partial charge on any atom is 0.217 e. The number of nitrogen functional groups attached to an aromatic ring is 1. The van der Waals surface area contributed by atoms with Crippen molar-refractivity contribution in [1.29, 1.82) is 0 Å². The van der Waals surface area contributed by atoms with Crippen LogP contribution in [0.25, 0.3) is 0 Å². The van der Waals surface area contributed by atoms with Crippen molar-refractivity contribution in [3.8, 4) is 0 Å². The molecule has 106 valence electrons. The van der Waals surface area contributed by atoms with Crippen LogP contribution in [0.1, 0.15) is 32.4 Å². The van der Waals surface area contributed by atoms with Gasteiger partial charge in [-0.3, -0.25) is 4.79 Å². The molecule has 2 heterocycles. The summed E-state index contributed by atoms with van der Waals surface area (Å²) < 4.78 is 1.96. The van der Waals surface area contributed by atoms with Gasteiger partial charge >= 0.3 is 0 Å². The Balaban J connectivity index is 2.07. The molecule has 0 aliphatic carbocycles. The number of rotatable bonds is 3. The van der Waals surface area contributed by atoms with Gasteiger partial charge in [0.05, 0.1) is 11.4 Å². The first-order chi connectivity index (χ1) is 9.02. The summed E-state index contributed by atoms with van der Waals surface area (Å²) in [6.07, 6.45) is 1.90. The van der Waals surface area contributed by atoms with Gasteiger partial charge in [-0.05, 0) is 26.7 Å². The Labute approximate surface area is 113 Å². The highest BCUT2D eigenvalue weighted by atomic mass is 16.1. The molecule has 0 aromatic carbocycles. The molecule has 6 nitrogen and oxygen atoms in total. The second-order valence-corrected chi connectivity index (χ2v) is 5.10. The average molecular weight is 265 g/mol. The average Bonchev–Trinajstić information content (AvgIpc) is 2.66. The van der Waals surface area contributed by atoms with Crippen molar-refractivity contribution < 1.29 is 4.79 Å². The van der Waals surface area contributed by atoms with E-state index in [-0.39, 0.29) is 11.9 Å². The van der Waals surface area contributed by atoms with Gasteiger partial charge in [-0.25, -0.2) is 4.68 Å². The number of nitrogens with one attached hydrogen (secondary N) is 1. The predicted molar refractivity (Wildman–Crippen MR) is 76.1 cm³/mol. The van der Waals surface area contributed by atoms with Gasteiger partial charge < -0.3 is 16.0 Å². The fraction of sp³-hybridized carbons (Fsp3) is 0.692. The van der Waals surface area contributed by atoms with Crippen LogP contribution in [-0.2, 0) is 11.3 Å². The maximum atomic E-state index is 11.1. The predicted octanol–water partition coefficient (Wildman–Crippen LogP) is 0.899. The molecule has 1 saturated heterocycles. The number of nitrogens with two attached hydrogens (primary N) is 1. The van der Waals surface area contributed by atoms with E-state index in [1.54, 1.807) is 6.92 Å². The van der Waals surface area contributed by atoms with Gasteiger partial charge in [0.2, 0.25) is 5.91 Å². The molecule has 3 N–H and O–H groups in total. The van der Waals surface area contributed by atoms with Crippen LogP contribution < -0.4 is 16.0 Å². The van der Waals surface area contributed by atoms with Crippen LogP contribution in [0, 0.1) is 6.92 Å². The Hall–Kier alpha value is -1.72. The molecule has 6 heteroatoms. The number of carbonyl (C=O) groups is 1. The summed E-state index contributed by atoms with van der Waals surface area (Å²) >= 11 is 0. The number of carbonyl (C=O) groups excluding carboxylic acids is 1. The standard InChI is InChI=1S/C13H23N5O/c1-4-18-13(12(14)9(2)16-18)17-7-5-11(6-8-17)15-10(3)19/h11H,4-8,14H2,1-3H3,(H,15,19). The number of anilines is 2. The molecule has 1 amide bonds. The number of amides is 1. The lowest BCUT2D eigenvalue weighted by Crippen LogP contribution is -2.44. The van der Waals surface area contributed by atoms with E-state index in [1.165, 1.54) is 0 Å².